The predicted octanol–water partition coefficient (Wildman–Crippen LogP) is 2.97. The fourth-order valence-electron chi connectivity index (χ4n) is 6.23. The van der Waals surface area contributed by atoms with Gasteiger partial charge in [0.1, 0.15) is 23.5 Å². The number of piperazine rings is 1. The lowest BCUT2D eigenvalue weighted by atomic mass is 9.78. The highest BCUT2D eigenvalue weighted by Crippen LogP contribution is 2.43. The molecule has 4 atom stereocenters. The maximum Gasteiger partial charge on any atom is 0.494 e. The number of likely N-dealkylation sites (N-methyl/N-ethyl adjacent to an activating group) is 1. The molecule has 0 radical (unpaired) electrons. The van der Waals surface area contributed by atoms with E-state index in [2.05, 4.69) is 22.6 Å². The molecule has 0 spiro atoms. The van der Waals surface area contributed by atoms with Crippen molar-refractivity contribution in [3.8, 4) is 0 Å². The molecule has 3 saturated heterocycles. The third-order valence-corrected chi connectivity index (χ3v) is 9.49. The Morgan fingerprint density at radius 1 is 1.11 bits per heavy atom. The number of halogens is 1. The zero-order valence-corrected chi connectivity index (χ0v) is 30.1. The largest absolute Gasteiger partial charge is 0.494 e. The van der Waals surface area contributed by atoms with Crippen LogP contribution in [0.5, 0.6) is 0 Å². The smallest absolute Gasteiger partial charge is 0.444 e. The summed E-state index contributed by atoms with van der Waals surface area (Å²) in [6.07, 6.45) is 1.62. The number of fused-ring (bicyclic) bond motifs is 2. The highest BCUT2D eigenvalue weighted by atomic mass is 19.1. The molecule has 2 bridgehead atoms. The van der Waals surface area contributed by atoms with E-state index < -0.39 is 59.7 Å². The number of nitrogens with zero attached hydrogens (tertiary/aromatic N) is 2. The number of benzene rings is 1. The Morgan fingerprint density at radius 3 is 2.19 bits per heavy atom. The number of hydrogen-bond acceptors (Lipinski definition) is 8. The van der Waals surface area contributed by atoms with E-state index >= 15 is 4.39 Å². The van der Waals surface area contributed by atoms with Gasteiger partial charge < -0.3 is 35.3 Å². The van der Waals surface area contributed by atoms with E-state index in [0.717, 1.165) is 25.9 Å². The molecule has 1 aromatic rings. The van der Waals surface area contributed by atoms with Gasteiger partial charge >= 0.3 is 13.2 Å². The fourth-order valence-corrected chi connectivity index (χ4v) is 6.23. The molecule has 3 aliphatic heterocycles. The molecule has 11 nitrogen and oxygen atoms in total. The Balaban J connectivity index is 0.000000582. The van der Waals surface area contributed by atoms with E-state index in [-0.39, 0.29) is 23.9 Å². The van der Waals surface area contributed by atoms with Crippen molar-refractivity contribution in [3.63, 3.8) is 0 Å². The van der Waals surface area contributed by atoms with Crippen molar-refractivity contribution in [3.05, 3.63) is 29.6 Å². The molecule has 1 saturated carbocycles. The third kappa shape index (κ3) is 9.67. The van der Waals surface area contributed by atoms with Gasteiger partial charge in [0, 0.05) is 38.6 Å². The maximum atomic E-state index is 15.2. The highest BCUT2D eigenvalue weighted by molar-refractivity contribution is 6.62. The summed E-state index contributed by atoms with van der Waals surface area (Å²) in [5.74, 6) is -1.87. The summed E-state index contributed by atoms with van der Waals surface area (Å²) in [4.78, 5) is 42.4. The standard InChI is InChI=1S/C27H39BFN3O6.C5H12N2.C2H6/c1-25(2,3)36-24(35)32-18-11-9-16(12-18)21(32)23(34)31-20(22(30)33)13-15-8-10-17(14-19(15)29)28-37-26(4,5)27(6,7)38-28;1-7-4-2-6-3-5-7;1-2/h8,10,14,16,18,20-21H,9,11-13H2,1-7H3,(H2,30,33)(H,31,34);6H,2-5H2,1H3;1-2H3/t16?,18?,20-,21?;;/m0../s1. The van der Waals surface area contributed by atoms with Gasteiger partial charge in [0.05, 0.1) is 11.2 Å². The first-order chi connectivity index (χ1) is 21.9. The quantitative estimate of drug-likeness (QED) is 0.397. The van der Waals surface area contributed by atoms with Crippen molar-refractivity contribution in [1.82, 2.24) is 20.4 Å². The number of primary amides is 1. The molecule has 264 valence electrons. The predicted molar refractivity (Wildman–Crippen MR) is 182 cm³/mol. The minimum absolute atomic E-state index is 0.0306. The van der Waals surface area contributed by atoms with Crippen LogP contribution in [0.1, 0.15) is 87.1 Å². The second-order valence-electron chi connectivity index (χ2n) is 14.7. The Bertz CT molecular complexity index is 1240. The minimum Gasteiger partial charge on any atom is -0.444 e. The summed E-state index contributed by atoms with van der Waals surface area (Å²) in [5, 5.41) is 5.95. The summed E-state index contributed by atoms with van der Waals surface area (Å²) in [5.41, 5.74) is 4.48. The SMILES string of the molecule is CC.CC(C)(C)OC(=O)N1C2CCC(C2)C1C(=O)N[C@@H](Cc1ccc(B2OC(C)(C)C(C)(C)O2)cc1F)C(N)=O.CN1CCNCC1. The van der Waals surface area contributed by atoms with Crippen LogP contribution >= 0.6 is 0 Å². The molecule has 3 heterocycles. The van der Waals surface area contributed by atoms with Crippen molar-refractivity contribution < 1.29 is 32.8 Å². The number of carbonyl (C=O) groups is 3. The second-order valence-corrected chi connectivity index (χ2v) is 14.7. The molecule has 0 aromatic heterocycles. The summed E-state index contributed by atoms with van der Waals surface area (Å²) >= 11 is 0. The van der Waals surface area contributed by atoms with E-state index in [1.54, 1.807) is 32.9 Å². The second kappa shape index (κ2) is 15.7. The Labute approximate surface area is 280 Å². The fraction of sp³-hybridized carbons (Fsp3) is 0.735. The first-order valence-corrected chi connectivity index (χ1v) is 17.0. The number of amides is 3. The van der Waals surface area contributed by atoms with Crippen LogP contribution in [-0.2, 0) is 30.1 Å². The molecule has 1 aliphatic carbocycles. The third-order valence-electron chi connectivity index (χ3n) is 9.49. The van der Waals surface area contributed by atoms with Gasteiger partial charge in [-0.1, -0.05) is 26.0 Å². The zero-order valence-electron chi connectivity index (χ0n) is 30.1. The van der Waals surface area contributed by atoms with Gasteiger partial charge in [-0.15, -0.1) is 0 Å². The van der Waals surface area contributed by atoms with E-state index in [0.29, 0.717) is 11.9 Å². The number of nitrogens with one attached hydrogen (secondary N) is 2. The number of likely N-dealkylation sites (tertiary alicyclic amines) is 1. The average molecular weight is 662 g/mol. The Hall–Kier alpha value is -2.74. The summed E-state index contributed by atoms with van der Waals surface area (Å²) in [6.45, 7) is 21.7. The molecule has 4 fully saturated rings. The lowest BCUT2D eigenvalue weighted by Crippen LogP contribution is -2.57. The molecule has 13 heteroatoms. The van der Waals surface area contributed by atoms with E-state index in [1.165, 1.54) is 24.1 Å². The molecule has 4 aliphatic rings. The number of ether oxygens (including phenoxy) is 1. The topological polar surface area (TPSA) is 135 Å². The molecular formula is C34H57BFN5O6. The van der Waals surface area contributed by atoms with Crippen LogP contribution < -0.4 is 21.8 Å². The van der Waals surface area contributed by atoms with Crippen molar-refractivity contribution >= 4 is 30.5 Å². The minimum atomic E-state index is -1.15. The lowest BCUT2D eigenvalue weighted by molar-refractivity contribution is -0.132. The molecule has 3 amide bonds. The lowest BCUT2D eigenvalue weighted by Gasteiger charge is -2.36. The molecule has 3 unspecified atom stereocenters. The number of rotatable bonds is 6. The number of piperidine rings is 1. The van der Waals surface area contributed by atoms with Crippen LogP contribution in [0, 0.1) is 11.7 Å². The average Bonchev–Trinajstić information content (AvgIpc) is 3.66. The van der Waals surface area contributed by atoms with Crippen molar-refractivity contribution in [2.24, 2.45) is 11.7 Å². The molecule has 4 N–H and O–H groups in total. The number of carbonyl (C=O) groups excluding carboxylic acids is 3. The van der Waals surface area contributed by atoms with Gasteiger partial charge in [-0.05, 0) is 97.8 Å². The van der Waals surface area contributed by atoms with E-state index in [1.807, 2.05) is 41.5 Å². The number of nitrogens with two attached hydrogens (primary N) is 1. The van der Waals surface area contributed by atoms with E-state index in [9.17, 15) is 14.4 Å². The number of hydrogen-bond donors (Lipinski definition) is 3. The molecule has 5 rings (SSSR count). The Morgan fingerprint density at radius 2 is 1.70 bits per heavy atom. The maximum absolute atomic E-state index is 15.2. The van der Waals surface area contributed by atoms with Crippen LogP contribution in [0.3, 0.4) is 0 Å². The molecule has 1 aromatic carbocycles. The van der Waals surface area contributed by atoms with Gasteiger partial charge in [-0.25, -0.2) is 9.18 Å². The van der Waals surface area contributed by atoms with Crippen LogP contribution in [-0.4, -0.2) is 103 Å². The van der Waals surface area contributed by atoms with Crippen molar-refractivity contribution in [2.75, 3.05) is 33.2 Å². The van der Waals surface area contributed by atoms with Crippen LogP contribution in [0.2, 0.25) is 0 Å². The van der Waals surface area contributed by atoms with Crippen molar-refractivity contribution in [1.29, 1.82) is 0 Å². The van der Waals surface area contributed by atoms with Crippen LogP contribution in [0.25, 0.3) is 0 Å². The monoisotopic (exact) mass is 661 g/mol. The summed E-state index contributed by atoms with van der Waals surface area (Å²) < 4.78 is 32.7. The van der Waals surface area contributed by atoms with Gasteiger partial charge in [0.25, 0.3) is 0 Å². The van der Waals surface area contributed by atoms with Gasteiger partial charge in [0.2, 0.25) is 11.8 Å². The van der Waals surface area contributed by atoms with E-state index in [4.69, 9.17) is 19.8 Å². The molecular weight excluding hydrogens is 604 g/mol. The van der Waals surface area contributed by atoms with Crippen LogP contribution in [0.4, 0.5) is 9.18 Å². The first-order valence-electron chi connectivity index (χ1n) is 17.0. The highest BCUT2D eigenvalue weighted by Gasteiger charge is 2.53. The Kier molecular flexibility index (Phi) is 12.9. The van der Waals surface area contributed by atoms with Gasteiger partial charge in [-0.2, -0.15) is 0 Å². The summed E-state index contributed by atoms with van der Waals surface area (Å²) in [7, 11) is 1.42. The normalized spacial score (nSPS) is 25.2. The first kappa shape index (κ1) is 38.7. The van der Waals surface area contributed by atoms with Crippen LogP contribution in [0.15, 0.2) is 18.2 Å². The van der Waals surface area contributed by atoms with Gasteiger partial charge in [0.15, 0.2) is 0 Å². The molecule has 47 heavy (non-hydrogen) atoms. The summed E-state index contributed by atoms with van der Waals surface area (Å²) in [6, 6.07) is 2.54. The zero-order chi connectivity index (χ0) is 35.3. The van der Waals surface area contributed by atoms with Crippen molar-refractivity contribution in [2.45, 2.75) is 123 Å². The van der Waals surface area contributed by atoms with Gasteiger partial charge in [-0.3, -0.25) is 14.5 Å².